The van der Waals surface area contributed by atoms with Gasteiger partial charge in [-0.05, 0) is 48.9 Å². The van der Waals surface area contributed by atoms with Crippen LogP contribution in [0, 0.1) is 0 Å². The molecule has 9 heteroatoms. The smallest absolute Gasteiger partial charge is 0.295 e. The van der Waals surface area contributed by atoms with Crippen molar-refractivity contribution in [1.29, 1.82) is 0 Å². The summed E-state index contributed by atoms with van der Waals surface area (Å²) in [6.45, 7) is 6.24. The number of carbonyl (C=O) groups is 2. The number of Topliss-reactive ketones (excluding diaryl/α,β-unsaturated/α-hetero) is 1. The number of methoxy groups -OCH3 is 2. The largest absolute Gasteiger partial charge is 0.507 e. The molecule has 1 N–H and O–H groups in total. The standard InChI is InChI=1S/C28H34N2O7/c1-4-15-37-20-7-5-19(6-8-20)26(31)24-25(22-18-21(34-2)9-10-23(22)35-3)30(28(33)27(24)32)12-11-29-13-16-36-17-14-29/h5-10,18,25,31H,4,11-17H2,1-3H3/b26-24+. The normalized spacial score (nSPS) is 19.8. The Morgan fingerprint density at radius 1 is 1.00 bits per heavy atom. The molecule has 1 amide bonds. The lowest BCUT2D eigenvalue weighted by atomic mass is 9.94. The fourth-order valence-corrected chi connectivity index (χ4v) is 4.65. The molecule has 2 aliphatic heterocycles. The number of nitrogens with zero attached hydrogens (tertiary/aromatic N) is 2. The number of hydrogen-bond donors (Lipinski definition) is 1. The SMILES string of the molecule is CCCOc1ccc(/C(O)=C2\C(=O)C(=O)N(CCN3CCOCC3)C2c2cc(OC)ccc2OC)cc1. The second-order valence-electron chi connectivity index (χ2n) is 8.93. The molecule has 9 nitrogen and oxygen atoms in total. The Hall–Kier alpha value is -3.56. The minimum Gasteiger partial charge on any atom is -0.507 e. The van der Waals surface area contributed by atoms with Gasteiger partial charge in [0.1, 0.15) is 23.0 Å². The van der Waals surface area contributed by atoms with Crippen LogP contribution in [0.25, 0.3) is 5.76 Å². The van der Waals surface area contributed by atoms with Crippen LogP contribution < -0.4 is 14.2 Å². The van der Waals surface area contributed by atoms with E-state index in [1.54, 1.807) is 49.6 Å². The highest BCUT2D eigenvalue weighted by Gasteiger charge is 2.47. The summed E-state index contributed by atoms with van der Waals surface area (Å²) in [5, 5.41) is 11.4. The van der Waals surface area contributed by atoms with Crippen molar-refractivity contribution in [2.75, 3.05) is 60.2 Å². The average Bonchev–Trinajstić information content (AvgIpc) is 3.19. The molecule has 2 heterocycles. The summed E-state index contributed by atoms with van der Waals surface area (Å²) in [5.74, 6) is 0.0537. The number of ketones is 1. The quantitative estimate of drug-likeness (QED) is 0.296. The first-order valence-corrected chi connectivity index (χ1v) is 12.5. The zero-order valence-electron chi connectivity index (χ0n) is 21.6. The van der Waals surface area contributed by atoms with E-state index in [1.807, 2.05) is 6.92 Å². The van der Waals surface area contributed by atoms with E-state index in [2.05, 4.69) is 4.90 Å². The molecule has 1 unspecified atom stereocenters. The van der Waals surface area contributed by atoms with Crippen LogP contribution in [-0.4, -0.2) is 86.8 Å². The second-order valence-corrected chi connectivity index (χ2v) is 8.93. The van der Waals surface area contributed by atoms with E-state index in [-0.39, 0.29) is 11.3 Å². The molecule has 37 heavy (non-hydrogen) atoms. The molecular formula is C28H34N2O7. The molecule has 0 bridgehead atoms. The van der Waals surface area contributed by atoms with Crippen molar-refractivity contribution in [1.82, 2.24) is 9.80 Å². The Balaban J connectivity index is 1.76. The van der Waals surface area contributed by atoms with Gasteiger partial charge in [0.15, 0.2) is 0 Å². The maximum atomic E-state index is 13.4. The molecule has 2 aromatic rings. The van der Waals surface area contributed by atoms with Gasteiger partial charge in [-0.15, -0.1) is 0 Å². The summed E-state index contributed by atoms with van der Waals surface area (Å²) < 4.78 is 22.1. The number of carbonyl (C=O) groups excluding carboxylic acids is 2. The van der Waals surface area contributed by atoms with Crippen LogP contribution in [0.1, 0.15) is 30.5 Å². The predicted molar refractivity (Wildman–Crippen MR) is 138 cm³/mol. The molecule has 2 fully saturated rings. The molecule has 1 atom stereocenters. The van der Waals surface area contributed by atoms with Gasteiger partial charge in [0.25, 0.3) is 11.7 Å². The van der Waals surface area contributed by atoms with Crippen LogP contribution in [0.2, 0.25) is 0 Å². The highest BCUT2D eigenvalue weighted by Crippen LogP contribution is 2.43. The minimum atomic E-state index is -0.845. The van der Waals surface area contributed by atoms with E-state index in [1.165, 1.54) is 12.0 Å². The second kappa shape index (κ2) is 12.1. The van der Waals surface area contributed by atoms with Crippen LogP contribution in [0.4, 0.5) is 0 Å². The third-order valence-electron chi connectivity index (χ3n) is 6.63. The lowest BCUT2D eigenvalue weighted by Gasteiger charge is -2.31. The number of benzene rings is 2. The number of morpholine rings is 1. The molecular weight excluding hydrogens is 476 g/mol. The Morgan fingerprint density at radius 2 is 1.70 bits per heavy atom. The zero-order valence-corrected chi connectivity index (χ0v) is 21.6. The van der Waals surface area contributed by atoms with E-state index in [9.17, 15) is 14.7 Å². The lowest BCUT2D eigenvalue weighted by molar-refractivity contribution is -0.140. The monoisotopic (exact) mass is 510 g/mol. The van der Waals surface area contributed by atoms with Crippen molar-refractivity contribution in [3.05, 3.63) is 59.2 Å². The first-order valence-electron chi connectivity index (χ1n) is 12.5. The van der Waals surface area contributed by atoms with Crippen LogP contribution in [0.15, 0.2) is 48.0 Å². The van der Waals surface area contributed by atoms with Crippen LogP contribution in [-0.2, 0) is 14.3 Å². The van der Waals surface area contributed by atoms with Crippen LogP contribution in [0.5, 0.6) is 17.2 Å². The maximum absolute atomic E-state index is 13.4. The molecule has 0 saturated carbocycles. The predicted octanol–water partition coefficient (Wildman–Crippen LogP) is 3.25. The highest BCUT2D eigenvalue weighted by molar-refractivity contribution is 6.46. The molecule has 0 spiro atoms. The summed E-state index contributed by atoms with van der Waals surface area (Å²) in [6, 6.07) is 11.2. The first kappa shape index (κ1) is 26.5. The van der Waals surface area contributed by atoms with Gasteiger partial charge in [-0.1, -0.05) is 6.92 Å². The third-order valence-corrected chi connectivity index (χ3v) is 6.63. The molecule has 2 aliphatic rings. The summed E-state index contributed by atoms with van der Waals surface area (Å²) >= 11 is 0. The number of hydrogen-bond acceptors (Lipinski definition) is 8. The fourth-order valence-electron chi connectivity index (χ4n) is 4.65. The number of amides is 1. The van der Waals surface area contributed by atoms with Gasteiger partial charge >= 0.3 is 0 Å². The Labute approximate surface area is 217 Å². The molecule has 0 radical (unpaired) electrons. The molecule has 2 aromatic carbocycles. The van der Waals surface area contributed by atoms with Gasteiger partial charge in [-0.25, -0.2) is 0 Å². The van der Waals surface area contributed by atoms with Crippen LogP contribution >= 0.6 is 0 Å². The highest BCUT2D eigenvalue weighted by atomic mass is 16.5. The first-order chi connectivity index (χ1) is 18.0. The maximum Gasteiger partial charge on any atom is 0.295 e. The van der Waals surface area contributed by atoms with Crippen molar-refractivity contribution in [3.63, 3.8) is 0 Å². The zero-order chi connectivity index (χ0) is 26.4. The Kier molecular flexibility index (Phi) is 8.68. The van der Waals surface area contributed by atoms with E-state index in [4.69, 9.17) is 18.9 Å². The summed E-state index contributed by atoms with van der Waals surface area (Å²) in [6.07, 6.45) is 0.873. The van der Waals surface area contributed by atoms with Crippen molar-refractivity contribution in [3.8, 4) is 17.2 Å². The van der Waals surface area contributed by atoms with Gasteiger partial charge in [0.2, 0.25) is 0 Å². The third kappa shape index (κ3) is 5.73. The number of ether oxygens (including phenoxy) is 4. The number of likely N-dealkylation sites (tertiary alicyclic amines) is 1. The van der Waals surface area contributed by atoms with E-state index < -0.39 is 17.7 Å². The van der Waals surface area contributed by atoms with E-state index >= 15 is 0 Å². The molecule has 0 aromatic heterocycles. The summed E-state index contributed by atoms with van der Waals surface area (Å²) in [7, 11) is 3.07. The van der Waals surface area contributed by atoms with E-state index in [0.717, 1.165) is 19.5 Å². The number of aliphatic hydroxyl groups excluding tert-OH is 1. The topological polar surface area (TPSA) is 97.8 Å². The van der Waals surface area contributed by atoms with Gasteiger partial charge in [-0.3, -0.25) is 14.5 Å². The van der Waals surface area contributed by atoms with Gasteiger partial charge in [0.05, 0.1) is 45.7 Å². The average molecular weight is 511 g/mol. The number of aliphatic hydroxyl groups is 1. The van der Waals surface area contributed by atoms with Crippen molar-refractivity contribution in [2.24, 2.45) is 0 Å². The van der Waals surface area contributed by atoms with Crippen molar-refractivity contribution < 1.29 is 33.6 Å². The van der Waals surface area contributed by atoms with Gasteiger partial charge in [-0.2, -0.15) is 0 Å². The minimum absolute atomic E-state index is 0.0146. The molecule has 0 aliphatic carbocycles. The molecule has 2 saturated heterocycles. The number of rotatable bonds is 10. The molecule has 198 valence electrons. The van der Waals surface area contributed by atoms with Crippen LogP contribution in [0.3, 0.4) is 0 Å². The summed E-state index contributed by atoms with van der Waals surface area (Å²) in [4.78, 5) is 30.4. The van der Waals surface area contributed by atoms with Gasteiger partial charge < -0.3 is 29.0 Å². The summed E-state index contributed by atoms with van der Waals surface area (Å²) in [5.41, 5.74) is 0.995. The molecule has 4 rings (SSSR count). The van der Waals surface area contributed by atoms with Crippen molar-refractivity contribution >= 4 is 17.4 Å². The fraction of sp³-hybridized carbons (Fsp3) is 0.429. The van der Waals surface area contributed by atoms with E-state index in [0.29, 0.717) is 61.3 Å². The lowest BCUT2D eigenvalue weighted by Crippen LogP contribution is -2.42. The Morgan fingerprint density at radius 3 is 2.35 bits per heavy atom. The van der Waals surface area contributed by atoms with Crippen molar-refractivity contribution in [2.45, 2.75) is 19.4 Å². The Bertz CT molecular complexity index is 1140. The van der Waals surface area contributed by atoms with Gasteiger partial charge in [0, 0.05) is 37.3 Å².